The molecule has 0 N–H and O–H groups in total. The molecule has 2 aromatic heterocycles. The summed E-state index contributed by atoms with van der Waals surface area (Å²) in [7, 11) is 0. The van der Waals surface area contributed by atoms with Crippen molar-refractivity contribution >= 4 is 16.9 Å². The molecule has 1 aliphatic rings. The molecule has 25 heavy (non-hydrogen) atoms. The number of benzene rings is 1. The largest absolute Gasteiger partial charge is 0.334 e. The first kappa shape index (κ1) is 15.8. The van der Waals surface area contributed by atoms with Crippen LogP contribution in [0.15, 0.2) is 30.6 Å². The number of likely N-dealkylation sites (tertiary alicyclic amines) is 1. The fourth-order valence-electron chi connectivity index (χ4n) is 3.58. The summed E-state index contributed by atoms with van der Waals surface area (Å²) in [6.07, 6.45) is 5.92. The highest BCUT2D eigenvalue weighted by atomic mass is 16.2. The fraction of sp³-hybridized carbons (Fsp3) is 0.444. The zero-order chi connectivity index (χ0) is 17.4. The highest BCUT2D eigenvalue weighted by molar-refractivity contribution is 5.97. The van der Waals surface area contributed by atoms with E-state index in [1.165, 1.54) is 0 Å². The number of aryl methyl sites for hydroxylation is 2. The standard InChI is InChI=1S/C18H22N6O/c1-3-24-17-7-6-14(9-16(17)20-21-24)18(25)23-8-4-5-15(23)12-22-11-13(2)10-19-22/h6-7,9-11,15H,3-5,8,12H2,1-2H3/t15-/m1/s1. The van der Waals surface area contributed by atoms with Crippen LogP contribution < -0.4 is 0 Å². The van der Waals surface area contributed by atoms with Crippen molar-refractivity contribution < 1.29 is 4.79 Å². The van der Waals surface area contributed by atoms with Gasteiger partial charge < -0.3 is 4.90 Å². The van der Waals surface area contributed by atoms with E-state index in [2.05, 4.69) is 15.4 Å². The Labute approximate surface area is 146 Å². The number of aromatic nitrogens is 5. The molecule has 1 saturated heterocycles. The molecule has 7 heteroatoms. The van der Waals surface area contributed by atoms with Gasteiger partial charge in [-0.25, -0.2) is 4.68 Å². The molecule has 7 nitrogen and oxygen atoms in total. The molecule has 0 unspecified atom stereocenters. The van der Waals surface area contributed by atoms with Gasteiger partial charge in [-0.05, 0) is 50.5 Å². The Morgan fingerprint density at radius 1 is 1.36 bits per heavy atom. The average molecular weight is 338 g/mol. The number of carbonyl (C=O) groups excluding carboxylic acids is 1. The van der Waals surface area contributed by atoms with Gasteiger partial charge in [0.1, 0.15) is 5.52 Å². The number of carbonyl (C=O) groups is 1. The third-order valence-corrected chi connectivity index (χ3v) is 4.86. The van der Waals surface area contributed by atoms with E-state index in [1.807, 2.05) is 58.7 Å². The van der Waals surface area contributed by atoms with Crippen molar-refractivity contribution in [1.82, 2.24) is 29.7 Å². The summed E-state index contributed by atoms with van der Waals surface area (Å²) in [5, 5.41) is 12.6. The molecule has 4 rings (SSSR count). The van der Waals surface area contributed by atoms with Crippen LogP contribution in [-0.2, 0) is 13.1 Å². The maximum absolute atomic E-state index is 13.0. The van der Waals surface area contributed by atoms with Gasteiger partial charge >= 0.3 is 0 Å². The quantitative estimate of drug-likeness (QED) is 0.732. The van der Waals surface area contributed by atoms with Crippen molar-refractivity contribution in [2.24, 2.45) is 0 Å². The Balaban J connectivity index is 1.56. The second-order valence-electron chi connectivity index (χ2n) is 6.64. The van der Waals surface area contributed by atoms with Crippen LogP contribution in [0.25, 0.3) is 11.0 Å². The molecule has 130 valence electrons. The number of hydrogen-bond donors (Lipinski definition) is 0. The van der Waals surface area contributed by atoms with E-state index in [-0.39, 0.29) is 11.9 Å². The lowest BCUT2D eigenvalue weighted by molar-refractivity contribution is 0.0722. The molecule has 1 fully saturated rings. The summed E-state index contributed by atoms with van der Waals surface area (Å²) >= 11 is 0. The molecule has 0 aliphatic carbocycles. The van der Waals surface area contributed by atoms with Crippen molar-refractivity contribution in [3.63, 3.8) is 0 Å². The van der Waals surface area contributed by atoms with Gasteiger partial charge in [-0.3, -0.25) is 9.48 Å². The van der Waals surface area contributed by atoms with Crippen molar-refractivity contribution in [2.75, 3.05) is 6.54 Å². The maximum Gasteiger partial charge on any atom is 0.254 e. The zero-order valence-corrected chi connectivity index (χ0v) is 14.6. The first-order valence-electron chi connectivity index (χ1n) is 8.79. The Hall–Kier alpha value is -2.70. The molecule has 0 saturated carbocycles. The van der Waals surface area contributed by atoms with Gasteiger partial charge in [0.25, 0.3) is 5.91 Å². The van der Waals surface area contributed by atoms with Crippen LogP contribution in [0, 0.1) is 6.92 Å². The summed E-state index contributed by atoms with van der Waals surface area (Å²) in [6.45, 7) is 6.36. The molecule has 3 aromatic rings. The summed E-state index contributed by atoms with van der Waals surface area (Å²) in [4.78, 5) is 15.0. The second kappa shape index (κ2) is 6.31. The lowest BCUT2D eigenvalue weighted by Crippen LogP contribution is -2.38. The number of fused-ring (bicyclic) bond motifs is 1. The highest BCUT2D eigenvalue weighted by Gasteiger charge is 2.30. The van der Waals surface area contributed by atoms with Gasteiger partial charge in [0, 0.05) is 24.8 Å². The molecular formula is C18H22N6O. The Morgan fingerprint density at radius 3 is 3.00 bits per heavy atom. The lowest BCUT2D eigenvalue weighted by atomic mass is 10.1. The Bertz CT molecular complexity index is 911. The average Bonchev–Trinajstić information content (AvgIpc) is 3.33. The van der Waals surface area contributed by atoms with Gasteiger partial charge in [0.15, 0.2) is 0 Å². The van der Waals surface area contributed by atoms with Gasteiger partial charge in [0.05, 0.1) is 24.3 Å². The Morgan fingerprint density at radius 2 is 2.24 bits per heavy atom. The molecule has 1 aliphatic heterocycles. The fourth-order valence-corrected chi connectivity index (χ4v) is 3.58. The zero-order valence-electron chi connectivity index (χ0n) is 14.6. The SMILES string of the molecule is CCn1nnc2cc(C(=O)N3CCC[C@@H]3Cn3cc(C)cn3)ccc21. The molecular weight excluding hydrogens is 316 g/mol. The molecule has 1 atom stereocenters. The van der Waals surface area contributed by atoms with E-state index in [1.54, 1.807) is 0 Å². The second-order valence-corrected chi connectivity index (χ2v) is 6.64. The molecule has 3 heterocycles. The summed E-state index contributed by atoms with van der Waals surface area (Å²) in [5.74, 6) is 0.0688. The van der Waals surface area contributed by atoms with Crippen molar-refractivity contribution in [3.8, 4) is 0 Å². The van der Waals surface area contributed by atoms with Crippen molar-refractivity contribution in [2.45, 2.75) is 45.8 Å². The molecule has 0 bridgehead atoms. The van der Waals surface area contributed by atoms with Crippen LogP contribution in [0.3, 0.4) is 0 Å². The first-order valence-corrected chi connectivity index (χ1v) is 8.79. The van der Waals surface area contributed by atoms with E-state index in [0.717, 1.165) is 49.1 Å². The maximum atomic E-state index is 13.0. The van der Waals surface area contributed by atoms with E-state index in [4.69, 9.17) is 0 Å². The van der Waals surface area contributed by atoms with Crippen LogP contribution in [0.4, 0.5) is 0 Å². The minimum Gasteiger partial charge on any atom is -0.334 e. The van der Waals surface area contributed by atoms with E-state index >= 15 is 0 Å². The first-order chi connectivity index (χ1) is 12.2. The number of amides is 1. The van der Waals surface area contributed by atoms with Crippen LogP contribution in [-0.4, -0.2) is 48.2 Å². The normalized spacial score (nSPS) is 17.5. The summed E-state index contributed by atoms with van der Waals surface area (Å²) in [5.41, 5.74) is 3.55. The van der Waals surface area contributed by atoms with E-state index in [9.17, 15) is 4.79 Å². The minimum absolute atomic E-state index is 0.0688. The number of rotatable bonds is 4. The van der Waals surface area contributed by atoms with Crippen LogP contribution in [0.1, 0.15) is 35.7 Å². The minimum atomic E-state index is 0.0688. The lowest BCUT2D eigenvalue weighted by Gasteiger charge is -2.24. The van der Waals surface area contributed by atoms with Crippen molar-refractivity contribution in [1.29, 1.82) is 0 Å². The van der Waals surface area contributed by atoms with E-state index in [0.29, 0.717) is 5.56 Å². The molecule has 1 amide bonds. The molecule has 0 spiro atoms. The summed E-state index contributed by atoms with van der Waals surface area (Å²) < 4.78 is 3.77. The predicted molar refractivity (Wildman–Crippen MR) is 94.2 cm³/mol. The summed E-state index contributed by atoms with van der Waals surface area (Å²) in [6, 6.07) is 5.86. The van der Waals surface area contributed by atoms with Gasteiger partial charge in [0.2, 0.25) is 0 Å². The van der Waals surface area contributed by atoms with Gasteiger partial charge in [-0.1, -0.05) is 5.21 Å². The van der Waals surface area contributed by atoms with E-state index < -0.39 is 0 Å². The van der Waals surface area contributed by atoms with Crippen LogP contribution >= 0.6 is 0 Å². The third kappa shape index (κ3) is 2.90. The van der Waals surface area contributed by atoms with Crippen LogP contribution in [0.5, 0.6) is 0 Å². The Kier molecular flexibility index (Phi) is 3.99. The van der Waals surface area contributed by atoms with Crippen LogP contribution in [0.2, 0.25) is 0 Å². The van der Waals surface area contributed by atoms with Crippen molar-refractivity contribution in [3.05, 3.63) is 41.7 Å². The third-order valence-electron chi connectivity index (χ3n) is 4.86. The number of nitrogens with zero attached hydrogens (tertiary/aromatic N) is 6. The molecule has 1 aromatic carbocycles. The topological polar surface area (TPSA) is 68.8 Å². The smallest absolute Gasteiger partial charge is 0.254 e. The molecule has 0 radical (unpaired) electrons. The number of hydrogen-bond acceptors (Lipinski definition) is 4. The monoisotopic (exact) mass is 338 g/mol. The predicted octanol–water partition coefficient (Wildman–Crippen LogP) is 2.26. The highest BCUT2D eigenvalue weighted by Crippen LogP contribution is 2.23. The van der Waals surface area contributed by atoms with Gasteiger partial charge in [-0.15, -0.1) is 5.10 Å². The van der Waals surface area contributed by atoms with Gasteiger partial charge in [-0.2, -0.15) is 5.10 Å².